The SMILES string of the molecule is Fc1cccc(Sc2ccc(Cl)cc2Cl)c1C1CCNCC1. The van der Waals surface area contributed by atoms with Gasteiger partial charge in [-0.05, 0) is 62.2 Å². The average molecular weight is 356 g/mol. The standard InChI is InChI=1S/C17H16Cl2FNS/c18-12-4-5-15(13(19)10-12)22-16-3-1-2-14(20)17(16)11-6-8-21-9-7-11/h1-5,10-11,21H,6-9H2. The molecule has 1 fully saturated rings. The van der Waals surface area contributed by atoms with Gasteiger partial charge in [0.1, 0.15) is 5.82 Å². The Hall–Kier alpha value is -0.740. The van der Waals surface area contributed by atoms with Crippen LogP contribution in [-0.2, 0) is 0 Å². The van der Waals surface area contributed by atoms with Gasteiger partial charge in [-0.2, -0.15) is 0 Å². The van der Waals surface area contributed by atoms with Gasteiger partial charge >= 0.3 is 0 Å². The second kappa shape index (κ2) is 7.22. The van der Waals surface area contributed by atoms with E-state index in [0.29, 0.717) is 10.0 Å². The predicted molar refractivity (Wildman–Crippen MR) is 91.8 cm³/mol. The Morgan fingerprint density at radius 1 is 1.05 bits per heavy atom. The molecule has 0 spiro atoms. The summed E-state index contributed by atoms with van der Waals surface area (Å²) in [5.74, 6) is 0.137. The molecule has 5 heteroatoms. The molecule has 1 nitrogen and oxygen atoms in total. The van der Waals surface area contributed by atoms with Crippen LogP contribution in [0.1, 0.15) is 24.3 Å². The van der Waals surface area contributed by atoms with Crippen molar-refractivity contribution in [1.29, 1.82) is 0 Å². The lowest BCUT2D eigenvalue weighted by Gasteiger charge is -2.25. The molecular formula is C17H16Cl2FNS. The summed E-state index contributed by atoms with van der Waals surface area (Å²) in [6.45, 7) is 1.87. The first-order valence-corrected chi connectivity index (χ1v) is 8.84. The molecule has 2 aromatic rings. The van der Waals surface area contributed by atoms with Crippen LogP contribution in [0, 0.1) is 5.82 Å². The molecule has 22 heavy (non-hydrogen) atoms. The van der Waals surface area contributed by atoms with Crippen LogP contribution in [-0.4, -0.2) is 13.1 Å². The Morgan fingerprint density at radius 2 is 1.82 bits per heavy atom. The van der Waals surface area contributed by atoms with Crippen molar-refractivity contribution >= 4 is 35.0 Å². The minimum atomic E-state index is -0.123. The van der Waals surface area contributed by atoms with Crippen molar-refractivity contribution in [3.05, 3.63) is 57.8 Å². The van der Waals surface area contributed by atoms with Crippen LogP contribution in [0.2, 0.25) is 10.0 Å². The van der Waals surface area contributed by atoms with E-state index in [1.807, 2.05) is 12.1 Å². The van der Waals surface area contributed by atoms with Crippen molar-refractivity contribution < 1.29 is 4.39 Å². The van der Waals surface area contributed by atoms with Crippen LogP contribution in [0.5, 0.6) is 0 Å². The monoisotopic (exact) mass is 355 g/mol. The van der Waals surface area contributed by atoms with Gasteiger partial charge in [0.05, 0.1) is 5.02 Å². The van der Waals surface area contributed by atoms with Gasteiger partial charge < -0.3 is 5.32 Å². The number of halogens is 3. The summed E-state index contributed by atoms with van der Waals surface area (Å²) in [4.78, 5) is 1.84. The molecular weight excluding hydrogens is 340 g/mol. The fourth-order valence-corrected chi connectivity index (χ4v) is 4.36. The molecule has 0 radical (unpaired) electrons. The van der Waals surface area contributed by atoms with Crippen molar-refractivity contribution in [3.8, 4) is 0 Å². The molecule has 0 amide bonds. The summed E-state index contributed by atoms with van der Waals surface area (Å²) in [6.07, 6.45) is 1.92. The fourth-order valence-electron chi connectivity index (χ4n) is 2.79. The van der Waals surface area contributed by atoms with Crippen molar-refractivity contribution in [2.75, 3.05) is 13.1 Å². The van der Waals surface area contributed by atoms with Crippen LogP contribution >= 0.6 is 35.0 Å². The van der Waals surface area contributed by atoms with Crippen LogP contribution in [0.3, 0.4) is 0 Å². The van der Waals surface area contributed by atoms with Crippen molar-refractivity contribution in [2.45, 2.75) is 28.6 Å². The molecule has 0 atom stereocenters. The zero-order valence-corrected chi connectivity index (χ0v) is 14.2. The first kappa shape index (κ1) is 16.1. The van der Waals surface area contributed by atoms with Crippen LogP contribution in [0.4, 0.5) is 4.39 Å². The third-order valence-electron chi connectivity index (χ3n) is 3.87. The second-order valence-electron chi connectivity index (χ2n) is 5.35. The Bertz CT molecular complexity index is 672. The van der Waals surface area contributed by atoms with Crippen LogP contribution < -0.4 is 5.32 Å². The minimum Gasteiger partial charge on any atom is -0.317 e. The van der Waals surface area contributed by atoms with Crippen molar-refractivity contribution in [1.82, 2.24) is 5.32 Å². The topological polar surface area (TPSA) is 12.0 Å². The van der Waals surface area contributed by atoms with E-state index in [0.717, 1.165) is 41.3 Å². The quantitative estimate of drug-likeness (QED) is 0.751. The van der Waals surface area contributed by atoms with E-state index in [2.05, 4.69) is 5.32 Å². The van der Waals surface area contributed by atoms with Crippen LogP contribution in [0.25, 0.3) is 0 Å². The molecule has 1 aliphatic heterocycles. The summed E-state index contributed by atoms with van der Waals surface area (Å²) < 4.78 is 14.4. The molecule has 3 rings (SSSR count). The first-order valence-electron chi connectivity index (χ1n) is 7.27. The highest BCUT2D eigenvalue weighted by molar-refractivity contribution is 7.99. The number of benzene rings is 2. The predicted octanol–water partition coefficient (Wildman–Crippen LogP) is 5.75. The zero-order chi connectivity index (χ0) is 15.5. The Balaban J connectivity index is 1.94. The van der Waals surface area contributed by atoms with Gasteiger partial charge in [0.25, 0.3) is 0 Å². The van der Waals surface area contributed by atoms with Gasteiger partial charge in [0.15, 0.2) is 0 Å². The number of hydrogen-bond acceptors (Lipinski definition) is 2. The van der Waals surface area contributed by atoms with E-state index in [1.54, 1.807) is 24.3 Å². The van der Waals surface area contributed by atoms with E-state index in [1.165, 1.54) is 11.8 Å². The average Bonchev–Trinajstić information content (AvgIpc) is 2.51. The van der Waals surface area contributed by atoms with Gasteiger partial charge in [-0.15, -0.1) is 0 Å². The van der Waals surface area contributed by atoms with Gasteiger partial charge in [-0.25, -0.2) is 4.39 Å². The van der Waals surface area contributed by atoms with Gasteiger partial charge in [-0.3, -0.25) is 0 Å². The highest BCUT2D eigenvalue weighted by atomic mass is 35.5. The number of hydrogen-bond donors (Lipinski definition) is 1. The lowest BCUT2D eigenvalue weighted by Crippen LogP contribution is -2.27. The Kier molecular flexibility index (Phi) is 5.29. The molecule has 116 valence electrons. The number of nitrogens with one attached hydrogen (secondary N) is 1. The largest absolute Gasteiger partial charge is 0.317 e. The third-order valence-corrected chi connectivity index (χ3v) is 5.69. The van der Waals surface area contributed by atoms with Gasteiger partial charge in [0, 0.05) is 20.4 Å². The zero-order valence-electron chi connectivity index (χ0n) is 11.9. The van der Waals surface area contributed by atoms with Crippen molar-refractivity contribution in [3.63, 3.8) is 0 Å². The molecule has 0 aliphatic carbocycles. The molecule has 0 unspecified atom stereocenters. The maximum atomic E-state index is 14.4. The molecule has 2 aromatic carbocycles. The molecule has 0 bridgehead atoms. The van der Waals surface area contributed by atoms with Gasteiger partial charge in [0.2, 0.25) is 0 Å². The lowest BCUT2D eigenvalue weighted by molar-refractivity contribution is 0.439. The van der Waals surface area contributed by atoms with Crippen molar-refractivity contribution in [2.24, 2.45) is 0 Å². The summed E-state index contributed by atoms with van der Waals surface area (Å²) in [5.41, 5.74) is 0.819. The summed E-state index contributed by atoms with van der Waals surface area (Å²) in [6, 6.07) is 10.7. The van der Waals surface area contributed by atoms with E-state index < -0.39 is 0 Å². The van der Waals surface area contributed by atoms with Gasteiger partial charge in [-0.1, -0.05) is 41.0 Å². The van der Waals surface area contributed by atoms with Crippen LogP contribution in [0.15, 0.2) is 46.2 Å². The summed E-state index contributed by atoms with van der Waals surface area (Å²) in [5, 5.41) is 4.52. The number of piperidine rings is 1. The van der Waals surface area contributed by atoms with E-state index in [-0.39, 0.29) is 11.7 Å². The molecule has 0 aromatic heterocycles. The lowest BCUT2D eigenvalue weighted by atomic mass is 9.90. The molecule has 1 aliphatic rings. The fraction of sp³-hybridized carbons (Fsp3) is 0.294. The maximum absolute atomic E-state index is 14.4. The molecule has 1 heterocycles. The highest BCUT2D eigenvalue weighted by Crippen LogP contribution is 2.41. The highest BCUT2D eigenvalue weighted by Gasteiger charge is 2.22. The Labute approximate surface area is 144 Å². The number of rotatable bonds is 3. The molecule has 1 N–H and O–H groups in total. The normalized spacial score (nSPS) is 16.0. The third kappa shape index (κ3) is 3.60. The van der Waals surface area contributed by atoms with E-state index >= 15 is 0 Å². The Morgan fingerprint density at radius 3 is 2.55 bits per heavy atom. The first-order chi connectivity index (χ1) is 10.6. The van der Waals surface area contributed by atoms with E-state index in [9.17, 15) is 4.39 Å². The van der Waals surface area contributed by atoms with E-state index in [4.69, 9.17) is 23.2 Å². The smallest absolute Gasteiger partial charge is 0.127 e. The molecule has 0 saturated carbocycles. The maximum Gasteiger partial charge on any atom is 0.127 e. The molecule has 1 saturated heterocycles. The summed E-state index contributed by atoms with van der Waals surface area (Å²) in [7, 11) is 0. The second-order valence-corrected chi connectivity index (χ2v) is 7.28. The minimum absolute atomic E-state index is 0.123. The summed E-state index contributed by atoms with van der Waals surface area (Å²) >= 11 is 13.7.